The number of ether oxygens (including phenoxy) is 1. The molecule has 24 heavy (non-hydrogen) atoms. The van der Waals surface area contributed by atoms with Crippen LogP contribution < -0.4 is 10.1 Å². The number of hydrogen-bond donors (Lipinski definition) is 3. The topological polar surface area (TPSA) is 113 Å². The number of carboxylic acids is 2. The highest BCUT2D eigenvalue weighted by atomic mass is 16.5. The molecule has 1 aromatic carbocycles. The molecule has 1 aromatic rings. The van der Waals surface area contributed by atoms with Gasteiger partial charge < -0.3 is 20.3 Å². The number of nitrogens with one attached hydrogen (secondary N) is 1. The molecule has 7 heteroatoms. The zero-order chi connectivity index (χ0) is 18.1. The predicted octanol–water partition coefficient (Wildman–Crippen LogP) is 1.92. The first-order valence-corrected chi connectivity index (χ1v) is 7.48. The van der Waals surface area contributed by atoms with E-state index in [2.05, 4.69) is 5.32 Å². The molecule has 0 bridgehead atoms. The third-order valence-corrected chi connectivity index (χ3v) is 2.92. The fourth-order valence-electron chi connectivity index (χ4n) is 1.88. The second kappa shape index (κ2) is 9.34. The van der Waals surface area contributed by atoms with Crippen molar-refractivity contribution in [3.8, 4) is 5.75 Å². The van der Waals surface area contributed by atoms with Crippen molar-refractivity contribution in [2.24, 2.45) is 0 Å². The highest BCUT2D eigenvalue weighted by molar-refractivity contribution is 5.94. The molecule has 0 saturated carbocycles. The molecular formula is C17H21NO6. The van der Waals surface area contributed by atoms with Crippen molar-refractivity contribution in [1.29, 1.82) is 0 Å². The van der Waals surface area contributed by atoms with Gasteiger partial charge in [0, 0.05) is 12.5 Å². The maximum atomic E-state index is 11.8. The zero-order valence-corrected chi connectivity index (χ0v) is 13.6. The molecule has 1 atom stereocenters. The number of carbonyl (C=O) groups excluding carboxylic acids is 1. The van der Waals surface area contributed by atoms with Crippen molar-refractivity contribution < 1.29 is 29.3 Å². The number of aliphatic carboxylic acids is 2. The normalized spacial score (nSPS) is 12.1. The SMILES string of the molecule is CC(C)Oc1cccc(/C=C/C(=O)NC(CCC(=O)O)C(=O)O)c1. The third kappa shape index (κ3) is 7.44. The van der Waals surface area contributed by atoms with Gasteiger partial charge in [-0.05, 0) is 44.0 Å². The van der Waals surface area contributed by atoms with Crippen LogP contribution in [0.5, 0.6) is 5.75 Å². The molecule has 0 spiro atoms. The Bertz CT molecular complexity index is 623. The number of amides is 1. The summed E-state index contributed by atoms with van der Waals surface area (Å²) in [4.78, 5) is 33.3. The highest BCUT2D eigenvalue weighted by Crippen LogP contribution is 2.15. The van der Waals surface area contributed by atoms with E-state index in [0.717, 1.165) is 5.56 Å². The van der Waals surface area contributed by atoms with Gasteiger partial charge in [-0.15, -0.1) is 0 Å². The van der Waals surface area contributed by atoms with Crippen molar-refractivity contribution in [1.82, 2.24) is 5.32 Å². The lowest BCUT2D eigenvalue weighted by atomic mass is 10.1. The van der Waals surface area contributed by atoms with Crippen LogP contribution in [0.25, 0.3) is 6.08 Å². The molecule has 0 aliphatic rings. The van der Waals surface area contributed by atoms with Gasteiger partial charge in [-0.25, -0.2) is 4.79 Å². The van der Waals surface area contributed by atoms with Gasteiger partial charge in [0.2, 0.25) is 5.91 Å². The van der Waals surface area contributed by atoms with Crippen LogP contribution >= 0.6 is 0 Å². The minimum atomic E-state index is -1.27. The molecule has 7 nitrogen and oxygen atoms in total. The average Bonchev–Trinajstić information content (AvgIpc) is 2.48. The Balaban J connectivity index is 2.66. The van der Waals surface area contributed by atoms with Crippen molar-refractivity contribution >= 4 is 23.9 Å². The first-order chi connectivity index (χ1) is 11.3. The van der Waals surface area contributed by atoms with Crippen molar-refractivity contribution in [2.75, 3.05) is 0 Å². The predicted molar refractivity (Wildman–Crippen MR) is 87.7 cm³/mol. The third-order valence-electron chi connectivity index (χ3n) is 2.92. The van der Waals surface area contributed by atoms with Crippen LogP contribution in [-0.2, 0) is 14.4 Å². The fourth-order valence-corrected chi connectivity index (χ4v) is 1.88. The van der Waals surface area contributed by atoms with E-state index >= 15 is 0 Å². The molecule has 0 aliphatic heterocycles. The van der Waals surface area contributed by atoms with E-state index in [1.807, 2.05) is 13.8 Å². The van der Waals surface area contributed by atoms with Gasteiger partial charge >= 0.3 is 11.9 Å². The number of carboxylic acid groups (broad SMARTS) is 2. The Morgan fingerprint density at radius 3 is 2.54 bits per heavy atom. The van der Waals surface area contributed by atoms with E-state index in [4.69, 9.17) is 14.9 Å². The summed E-state index contributed by atoms with van der Waals surface area (Å²) in [5, 5.41) is 19.8. The summed E-state index contributed by atoms with van der Waals surface area (Å²) in [5.41, 5.74) is 0.723. The number of rotatable bonds is 9. The first kappa shape index (κ1) is 19.2. The van der Waals surface area contributed by atoms with Gasteiger partial charge in [0.25, 0.3) is 0 Å². The smallest absolute Gasteiger partial charge is 0.326 e. The van der Waals surface area contributed by atoms with Crippen LogP contribution in [0.2, 0.25) is 0 Å². The lowest BCUT2D eigenvalue weighted by Crippen LogP contribution is -2.40. The van der Waals surface area contributed by atoms with E-state index in [-0.39, 0.29) is 18.9 Å². The molecule has 0 fully saturated rings. The number of carbonyl (C=O) groups is 3. The maximum absolute atomic E-state index is 11.8. The Labute approximate surface area is 139 Å². The van der Waals surface area contributed by atoms with Gasteiger partial charge in [-0.2, -0.15) is 0 Å². The maximum Gasteiger partial charge on any atom is 0.326 e. The Morgan fingerprint density at radius 1 is 1.25 bits per heavy atom. The first-order valence-electron chi connectivity index (χ1n) is 7.48. The molecule has 0 aliphatic carbocycles. The van der Waals surface area contributed by atoms with Gasteiger partial charge in [0.15, 0.2) is 0 Å². The molecule has 1 unspecified atom stereocenters. The largest absolute Gasteiger partial charge is 0.491 e. The Hall–Kier alpha value is -2.83. The molecule has 0 heterocycles. The Morgan fingerprint density at radius 2 is 1.96 bits per heavy atom. The van der Waals surface area contributed by atoms with E-state index in [9.17, 15) is 14.4 Å². The summed E-state index contributed by atoms with van der Waals surface area (Å²) in [5.74, 6) is -2.33. The lowest BCUT2D eigenvalue weighted by molar-refractivity contribution is -0.142. The summed E-state index contributed by atoms with van der Waals surface area (Å²) in [6.07, 6.45) is 2.24. The Kier molecular flexibility index (Phi) is 7.48. The second-order valence-corrected chi connectivity index (χ2v) is 5.40. The van der Waals surface area contributed by atoms with Crippen LogP contribution in [0, 0.1) is 0 Å². The molecule has 0 aromatic heterocycles. The molecule has 0 radical (unpaired) electrons. The van der Waals surface area contributed by atoms with Crippen molar-refractivity contribution in [2.45, 2.75) is 38.8 Å². The van der Waals surface area contributed by atoms with Gasteiger partial charge in [-0.1, -0.05) is 12.1 Å². The summed E-state index contributed by atoms with van der Waals surface area (Å²) >= 11 is 0. The molecule has 130 valence electrons. The van der Waals surface area contributed by atoms with Crippen molar-refractivity contribution in [3.63, 3.8) is 0 Å². The molecular weight excluding hydrogens is 314 g/mol. The standard InChI is InChI=1S/C17H21NO6/c1-11(2)24-13-5-3-4-12(10-13)6-8-15(19)18-14(17(22)23)7-9-16(20)21/h3-6,8,10-11,14H,7,9H2,1-2H3,(H,18,19)(H,20,21)(H,22,23)/b8-6+. The lowest BCUT2D eigenvalue weighted by Gasteiger charge is -2.12. The van der Waals surface area contributed by atoms with E-state index in [1.165, 1.54) is 12.2 Å². The summed E-state index contributed by atoms with van der Waals surface area (Å²) < 4.78 is 5.54. The van der Waals surface area contributed by atoms with Crippen LogP contribution in [0.15, 0.2) is 30.3 Å². The van der Waals surface area contributed by atoms with Crippen LogP contribution in [0.3, 0.4) is 0 Å². The van der Waals surface area contributed by atoms with E-state index in [0.29, 0.717) is 5.75 Å². The van der Waals surface area contributed by atoms with Crippen LogP contribution in [0.1, 0.15) is 32.3 Å². The van der Waals surface area contributed by atoms with Crippen LogP contribution in [-0.4, -0.2) is 40.2 Å². The minimum Gasteiger partial charge on any atom is -0.491 e. The summed E-state index contributed by atoms with van der Waals surface area (Å²) in [6.45, 7) is 3.80. The second-order valence-electron chi connectivity index (χ2n) is 5.40. The number of hydrogen-bond acceptors (Lipinski definition) is 4. The van der Waals surface area contributed by atoms with Crippen LogP contribution in [0.4, 0.5) is 0 Å². The van der Waals surface area contributed by atoms with Gasteiger partial charge in [-0.3, -0.25) is 9.59 Å². The van der Waals surface area contributed by atoms with Gasteiger partial charge in [0.1, 0.15) is 11.8 Å². The van der Waals surface area contributed by atoms with E-state index in [1.54, 1.807) is 24.3 Å². The number of benzene rings is 1. The summed E-state index contributed by atoms with van der Waals surface area (Å²) in [7, 11) is 0. The molecule has 1 rings (SSSR count). The summed E-state index contributed by atoms with van der Waals surface area (Å²) in [6, 6.07) is 5.86. The minimum absolute atomic E-state index is 0.0260. The van der Waals surface area contributed by atoms with E-state index < -0.39 is 23.9 Å². The monoisotopic (exact) mass is 335 g/mol. The fraction of sp³-hybridized carbons (Fsp3) is 0.353. The molecule has 0 saturated heterocycles. The quantitative estimate of drug-likeness (QED) is 0.594. The average molecular weight is 335 g/mol. The van der Waals surface area contributed by atoms with Crippen molar-refractivity contribution in [3.05, 3.63) is 35.9 Å². The molecule has 1 amide bonds. The zero-order valence-electron chi connectivity index (χ0n) is 13.6. The van der Waals surface area contributed by atoms with Gasteiger partial charge in [0.05, 0.1) is 6.10 Å². The highest BCUT2D eigenvalue weighted by Gasteiger charge is 2.19. The molecule has 3 N–H and O–H groups in total.